The maximum Gasteiger partial charge on any atom is 0.137 e. The molecule has 2 aromatic heterocycles. The van der Waals surface area contributed by atoms with Gasteiger partial charge in [-0.2, -0.15) is 0 Å². The SMILES string of the molecule is CC(C)(C)c1cc(N2CN(c3cccc(Oc4cc([Si](C)(C)C)c5c6ccccc6n(-c6cc(C(C)(C)C)ccn6)c5c4)c3)c3ccccc32)cc(C(C)(C)C)c1. The highest BCUT2D eigenvalue weighted by molar-refractivity contribution is 6.90. The number of hydrogen-bond donors (Lipinski definition) is 0. The third-order valence-corrected chi connectivity index (χ3v) is 13.5. The molecule has 0 unspecified atom stereocenters. The summed E-state index contributed by atoms with van der Waals surface area (Å²) in [5.41, 5.74) is 11.0. The second kappa shape index (κ2) is 13.7. The van der Waals surface area contributed by atoms with E-state index in [1.807, 2.05) is 6.20 Å². The maximum atomic E-state index is 6.94. The average molecular weight is 771 g/mol. The van der Waals surface area contributed by atoms with Gasteiger partial charge in [0.05, 0.1) is 30.5 Å². The fraction of sp³-hybridized carbons (Fsp3) is 0.314. The molecule has 7 aromatic rings. The summed E-state index contributed by atoms with van der Waals surface area (Å²) >= 11 is 0. The summed E-state index contributed by atoms with van der Waals surface area (Å²) in [5.74, 6) is 2.57. The summed E-state index contributed by atoms with van der Waals surface area (Å²) in [6.07, 6.45) is 1.95. The minimum atomic E-state index is -1.86. The summed E-state index contributed by atoms with van der Waals surface area (Å²) in [6.45, 7) is 28.6. The van der Waals surface area contributed by atoms with E-state index in [0.29, 0.717) is 6.67 Å². The standard InChI is InChI=1S/C51H58N4OSi/c1-49(2,3)34-24-25-52-47(29-34)55-42-21-14-13-20-41(42)48-45(55)31-40(32-46(48)57(10,11)12)56-39-19-17-18-37(30-39)53-33-54(44-23-16-15-22-43(44)53)38-27-35(50(4,5)6)26-36(28-38)51(7,8)9/h13-32H,33H2,1-12H3. The van der Waals surface area contributed by atoms with Crippen molar-refractivity contribution in [2.24, 2.45) is 0 Å². The quantitative estimate of drug-likeness (QED) is 0.158. The molecule has 292 valence electrons. The second-order valence-corrected chi connectivity index (χ2v) is 25.0. The first-order chi connectivity index (χ1) is 26.8. The number of benzene rings is 5. The average Bonchev–Trinajstić information content (AvgIpc) is 3.69. The van der Waals surface area contributed by atoms with Crippen molar-refractivity contribution in [3.63, 3.8) is 0 Å². The van der Waals surface area contributed by atoms with Crippen molar-refractivity contribution in [1.82, 2.24) is 9.55 Å². The van der Waals surface area contributed by atoms with Gasteiger partial charge in [0.25, 0.3) is 0 Å². The van der Waals surface area contributed by atoms with Crippen LogP contribution in [0.1, 0.15) is 79.0 Å². The molecule has 3 heterocycles. The Morgan fingerprint density at radius 1 is 0.544 bits per heavy atom. The van der Waals surface area contributed by atoms with Crippen LogP contribution in [0.3, 0.4) is 0 Å². The van der Waals surface area contributed by atoms with Gasteiger partial charge in [-0.3, -0.25) is 4.57 Å². The Bertz CT molecular complexity index is 2610. The highest BCUT2D eigenvalue weighted by atomic mass is 28.3. The lowest BCUT2D eigenvalue weighted by atomic mass is 9.80. The van der Waals surface area contributed by atoms with Crippen LogP contribution < -0.4 is 19.7 Å². The lowest BCUT2D eigenvalue weighted by Crippen LogP contribution is -2.38. The van der Waals surface area contributed by atoms with E-state index in [2.05, 4.69) is 212 Å². The lowest BCUT2D eigenvalue weighted by Gasteiger charge is -2.29. The molecule has 0 fully saturated rings. The van der Waals surface area contributed by atoms with Crippen LogP contribution in [0, 0.1) is 0 Å². The predicted molar refractivity (Wildman–Crippen MR) is 246 cm³/mol. The van der Waals surface area contributed by atoms with E-state index < -0.39 is 8.07 Å². The molecule has 0 saturated carbocycles. The van der Waals surface area contributed by atoms with Crippen LogP contribution >= 0.6 is 0 Å². The predicted octanol–water partition coefficient (Wildman–Crippen LogP) is 13.7. The van der Waals surface area contributed by atoms with Gasteiger partial charge in [0.2, 0.25) is 0 Å². The zero-order valence-electron chi connectivity index (χ0n) is 36.0. The number of ether oxygens (including phenoxy) is 1. The van der Waals surface area contributed by atoms with E-state index in [-0.39, 0.29) is 16.2 Å². The fourth-order valence-corrected chi connectivity index (χ4v) is 9.70. The van der Waals surface area contributed by atoms with Crippen molar-refractivity contribution in [3.8, 4) is 17.3 Å². The lowest BCUT2D eigenvalue weighted by molar-refractivity contribution is 0.483. The van der Waals surface area contributed by atoms with E-state index in [0.717, 1.165) is 34.0 Å². The largest absolute Gasteiger partial charge is 0.457 e. The summed E-state index contributed by atoms with van der Waals surface area (Å²) in [6, 6.07) is 42.2. The van der Waals surface area contributed by atoms with E-state index in [4.69, 9.17) is 9.72 Å². The maximum absolute atomic E-state index is 6.94. The van der Waals surface area contributed by atoms with Crippen LogP contribution in [0.25, 0.3) is 27.6 Å². The molecule has 5 aromatic carbocycles. The zero-order chi connectivity index (χ0) is 40.7. The summed E-state index contributed by atoms with van der Waals surface area (Å²) in [7, 11) is -1.86. The van der Waals surface area contributed by atoms with E-state index in [9.17, 15) is 0 Å². The van der Waals surface area contributed by atoms with Gasteiger partial charge in [0.15, 0.2) is 0 Å². The molecule has 0 atom stereocenters. The summed E-state index contributed by atoms with van der Waals surface area (Å²) in [4.78, 5) is 9.83. The molecule has 0 spiro atoms. The van der Waals surface area contributed by atoms with Gasteiger partial charge in [0, 0.05) is 40.5 Å². The molecule has 0 radical (unpaired) electrons. The molecule has 5 nitrogen and oxygen atoms in total. The van der Waals surface area contributed by atoms with E-state index in [1.54, 1.807) is 0 Å². The van der Waals surface area contributed by atoms with Gasteiger partial charge in [-0.05, 0) is 98.8 Å². The van der Waals surface area contributed by atoms with Gasteiger partial charge >= 0.3 is 0 Å². The number of anilines is 4. The van der Waals surface area contributed by atoms with Crippen LogP contribution in [-0.4, -0.2) is 24.3 Å². The van der Waals surface area contributed by atoms with Crippen LogP contribution in [0.4, 0.5) is 22.7 Å². The minimum absolute atomic E-state index is 0.00205. The van der Waals surface area contributed by atoms with E-state index in [1.165, 1.54) is 49.7 Å². The molecule has 0 amide bonds. The highest BCUT2D eigenvalue weighted by Gasteiger charge is 2.31. The van der Waals surface area contributed by atoms with Gasteiger partial charge in [0.1, 0.15) is 24.0 Å². The molecule has 0 bridgehead atoms. The Balaban J connectivity index is 1.21. The van der Waals surface area contributed by atoms with Crippen molar-refractivity contribution in [1.29, 1.82) is 0 Å². The molecule has 8 rings (SSSR count). The monoisotopic (exact) mass is 770 g/mol. The molecule has 0 aliphatic carbocycles. The normalized spacial score (nSPS) is 13.8. The number of pyridine rings is 1. The van der Waals surface area contributed by atoms with Crippen LogP contribution in [0.15, 0.2) is 121 Å². The number of hydrogen-bond acceptors (Lipinski definition) is 4. The van der Waals surface area contributed by atoms with Crippen LogP contribution in [0.5, 0.6) is 11.5 Å². The first-order valence-electron chi connectivity index (χ1n) is 20.4. The number of aromatic nitrogens is 2. The third kappa shape index (κ3) is 7.25. The van der Waals surface area contributed by atoms with Crippen LogP contribution in [0.2, 0.25) is 19.6 Å². The Morgan fingerprint density at radius 2 is 1.16 bits per heavy atom. The number of fused-ring (bicyclic) bond motifs is 4. The molecule has 6 heteroatoms. The molecule has 0 saturated heterocycles. The van der Waals surface area contributed by atoms with E-state index >= 15 is 0 Å². The van der Waals surface area contributed by atoms with Crippen molar-refractivity contribution < 1.29 is 4.74 Å². The third-order valence-electron chi connectivity index (χ3n) is 11.5. The molecule has 57 heavy (non-hydrogen) atoms. The molecule has 1 aliphatic rings. The number of rotatable bonds is 6. The van der Waals surface area contributed by atoms with Gasteiger partial charge < -0.3 is 14.5 Å². The highest BCUT2D eigenvalue weighted by Crippen LogP contribution is 2.46. The molecular weight excluding hydrogens is 713 g/mol. The Kier molecular flexibility index (Phi) is 9.23. The first kappa shape index (κ1) is 38.5. The minimum Gasteiger partial charge on any atom is -0.457 e. The van der Waals surface area contributed by atoms with Crippen molar-refractivity contribution in [2.45, 2.75) is 98.2 Å². The van der Waals surface area contributed by atoms with Crippen LogP contribution in [-0.2, 0) is 16.2 Å². The van der Waals surface area contributed by atoms with Gasteiger partial charge in [-0.1, -0.05) is 124 Å². The zero-order valence-corrected chi connectivity index (χ0v) is 37.0. The van der Waals surface area contributed by atoms with Gasteiger partial charge in [-0.25, -0.2) is 4.98 Å². The molecule has 0 N–H and O–H groups in total. The Hall–Kier alpha value is -5.33. The first-order valence-corrected chi connectivity index (χ1v) is 23.9. The van der Waals surface area contributed by atoms with Crippen molar-refractivity contribution in [2.75, 3.05) is 16.5 Å². The number of para-hydroxylation sites is 3. The second-order valence-electron chi connectivity index (χ2n) is 20.0. The fourth-order valence-electron chi connectivity index (χ4n) is 8.11. The van der Waals surface area contributed by atoms with Crippen molar-refractivity contribution in [3.05, 3.63) is 138 Å². The smallest absolute Gasteiger partial charge is 0.137 e. The molecule has 1 aliphatic heterocycles. The number of nitrogens with zero attached hydrogens (tertiary/aromatic N) is 4. The Morgan fingerprint density at radius 3 is 1.79 bits per heavy atom. The topological polar surface area (TPSA) is 33.5 Å². The summed E-state index contributed by atoms with van der Waals surface area (Å²) in [5, 5.41) is 3.93. The van der Waals surface area contributed by atoms with Gasteiger partial charge in [-0.15, -0.1) is 0 Å². The summed E-state index contributed by atoms with van der Waals surface area (Å²) < 4.78 is 9.28. The molecular formula is C51H58N4OSi. The van der Waals surface area contributed by atoms with Crippen molar-refractivity contribution >= 4 is 57.8 Å². The Labute approximate surface area is 341 Å².